The van der Waals surface area contributed by atoms with Crippen LogP contribution in [0.2, 0.25) is 0 Å². The SMILES string of the molecule is CCC(C)C(CN1CC(C)CC1=O)NC. The molecule has 3 heteroatoms. The Balaban J connectivity index is 2.48. The van der Waals surface area contributed by atoms with E-state index in [0.29, 0.717) is 23.8 Å². The first-order valence-corrected chi connectivity index (χ1v) is 6.03. The fourth-order valence-corrected chi connectivity index (χ4v) is 2.22. The van der Waals surface area contributed by atoms with E-state index in [2.05, 4.69) is 26.1 Å². The Hall–Kier alpha value is -0.570. The minimum absolute atomic E-state index is 0.325. The lowest BCUT2D eigenvalue weighted by molar-refractivity contribution is -0.128. The van der Waals surface area contributed by atoms with Crippen LogP contribution in [0.4, 0.5) is 0 Å². The van der Waals surface area contributed by atoms with Crippen molar-refractivity contribution in [2.75, 3.05) is 20.1 Å². The lowest BCUT2D eigenvalue weighted by Gasteiger charge is -2.27. The van der Waals surface area contributed by atoms with Gasteiger partial charge in [0.25, 0.3) is 0 Å². The molecule has 3 nitrogen and oxygen atoms in total. The minimum atomic E-state index is 0.325. The number of rotatable bonds is 5. The van der Waals surface area contributed by atoms with Crippen LogP contribution in [0.3, 0.4) is 0 Å². The molecule has 0 radical (unpaired) electrons. The van der Waals surface area contributed by atoms with Crippen LogP contribution in [0.5, 0.6) is 0 Å². The van der Waals surface area contributed by atoms with Gasteiger partial charge in [0.15, 0.2) is 0 Å². The summed E-state index contributed by atoms with van der Waals surface area (Å²) < 4.78 is 0. The first-order valence-electron chi connectivity index (χ1n) is 6.03. The summed E-state index contributed by atoms with van der Waals surface area (Å²) in [7, 11) is 1.99. The van der Waals surface area contributed by atoms with E-state index in [-0.39, 0.29) is 0 Å². The van der Waals surface area contributed by atoms with Crippen molar-refractivity contribution in [3.8, 4) is 0 Å². The predicted octanol–water partition coefficient (Wildman–Crippen LogP) is 1.49. The van der Waals surface area contributed by atoms with E-state index in [0.717, 1.165) is 25.9 Å². The van der Waals surface area contributed by atoms with Gasteiger partial charge in [0.2, 0.25) is 5.91 Å². The molecule has 88 valence electrons. The molecule has 1 aliphatic heterocycles. The molecule has 1 heterocycles. The fourth-order valence-electron chi connectivity index (χ4n) is 2.22. The average Bonchev–Trinajstić information content (AvgIpc) is 2.52. The van der Waals surface area contributed by atoms with Gasteiger partial charge >= 0.3 is 0 Å². The van der Waals surface area contributed by atoms with E-state index in [4.69, 9.17) is 0 Å². The summed E-state index contributed by atoms with van der Waals surface area (Å²) >= 11 is 0. The molecule has 0 saturated carbocycles. The van der Waals surface area contributed by atoms with Gasteiger partial charge in [-0.25, -0.2) is 0 Å². The van der Waals surface area contributed by atoms with E-state index >= 15 is 0 Å². The van der Waals surface area contributed by atoms with Crippen LogP contribution in [0.1, 0.15) is 33.6 Å². The van der Waals surface area contributed by atoms with E-state index in [1.54, 1.807) is 0 Å². The smallest absolute Gasteiger partial charge is 0.222 e. The molecule has 1 fully saturated rings. The first-order chi connectivity index (χ1) is 7.08. The van der Waals surface area contributed by atoms with Crippen LogP contribution in [0.15, 0.2) is 0 Å². The number of likely N-dealkylation sites (tertiary alicyclic amines) is 1. The van der Waals surface area contributed by atoms with Gasteiger partial charge in [-0.15, -0.1) is 0 Å². The number of carbonyl (C=O) groups is 1. The maximum atomic E-state index is 11.6. The second-order valence-corrected chi connectivity index (χ2v) is 4.89. The number of nitrogens with zero attached hydrogens (tertiary/aromatic N) is 1. The Labute approximate surface area is 93.2 Å². The molecule has 3 unspecified atom stereocenters. The largest absolute Gasteiger partial charge is 0.341 e. The third-order valence-corrected chi connectivity index (χ3v) is 3.53. The Kier molecular flexibility index (Phi) is 4.58. The maximum absolute atomic E-state index is 11.6. The first kappa shape index (κ1) is 12.5. The standard InChI is InChI=1S/C12H24N2O/c1-5-10(3)11(13-4)8-14-7-9(2)6-12(14)15/h9-11,13H,5-8H2,1-4H3. The fraction of sp³-hybridized carbons (Fsp3) is 0.917. The molecule has 1 amide bonds. The predicted molar refractivity (Wildman–Crippen MR) is 62.7 cm³/mol. The Bertz CT molecular complexity index is 218. The molecule has 1 rings (SSSR count). The third kappa shape index (κ3) is 3.20. The molecule has 0 bridgehead atoms. The quantitative estimate of drug-likeness (QED) is 0.749. The molecule has 3 atom stereocenters. The molecular weight excluding hydrogens is 188 g/mol. The van der Waals surface area contributed by atoms with Crippen molar-refractivity contribution in [1.82, 2.24) is 10.2 Å². The van der Waals surface area contributed by atoms with Gasteiger partial charge in [0, 0.05) is 25.6 Å². The van der Waals surface area contributed by atoms with Crippen molar-refractivity contribution in [2.24, 2.45) is 11.8 Å². The summed E-state index contributed by atoms with van der Waals surface area (Å²) in [6.07, 6.45) is 1.89. The Morgan fingerprint density at radius 1 is 1.60 bits per heavy atom. The highest BCUT2D eigenvalue weighted by atomic mass is 16.2. The van der Waals surface area contributed by atoms with E-state index < -0.39 is 0 Å². The molecule has 1 aliphatic rings. The summed E-state index contributed by atoms with van der Waals surface area (Å²) in [4.78, 5) is 13.7. The van der Waals surface area contributed by atoms with Crippen molar-refractivity contribution >= 4 is 5.91 Å². The lowest BCUT2D eigenvalue weighted by Crippen LogP contribution is -2.43. The molecule has 0 aromatic heterocycles. The molecule has 1 saturated heterocycles. The summed E-state index contributed by atoms with van der Waals surface area (Å²) in [6, 6.07) is 0.434. The van der Waals surface area contributed by atoms with Gasteiger partial charge in [-0.2, -0.15) is 0 Å². The van der Waals surface area contributed by atoms with E-state index in [1.165, 1.54) is 0 Å². The molecule has 0 aromatic rings. The summed E-state index contributed by atoms with van der Waals surface area (Å²) in [6.45, 7) is 8.40. The van der Waals surface area contributed by atoms with E-state index in [9.17, 15) is 4.79 Å². The number of carbonyl (C=O) groups excluding carboxylic acids is 1. The van der Waals surface area contributed by atoms with Crippen LogP contribution >= 0.6 is 0 Å². The second kappa shape index (κ2) is 5.50. The van der Waals surface area contributed by atoms with Crippen molar-refractivity contribution in [3.63, 3.8) is 0 Å². The number of hydrogen-bond acceptors (Lipinski definition) is 2. The maximum Gasteiger partial charge on any atom is 0.222 e. The van der Waals surface area contributed by atoms with Crippen molar-refractivity contribution in [3.05, 3.63) is 0 Å². The van der Waals surface area contributed by atoms with Gasteiger partial charge < -0.3 is 10.2 Å². The molecule has 0 aliphatic carbocycles. The van der Waals surface area contributed by atoms with Crippen LogP contribution in [-0.4, -0.2) is 37.0 Å². The zero-order valence-electron chi connectivity index (χ0n) is 10.4. The Morgan fingerprint density at radius 3 is 2.67 bits per heavy atom. The zero-order valence-corrected chi connectivity index (χ0v) is 10.4. The number of amides is 1. The van der Waals surface area contributed by atoms with Gasteiger partial charge in [0.05, 0.1) is 0 Å². The summed E-state index contributed by atoms with van der Waals surface area (Å²) in [5.74, 6) is 1.48. The van der Waals surface area contributed by atoms with Crippen LogP contribution in [0.25, 0.3) is 0 Å². The van der Waals surface area contributed by atoms with Gasteiger partial charge in [-0.3, -0.25) is 4.79 Å². The average molecular weight is 212 g/mol. The van der Waals surface area contributed by atoms with Gasteiger partial charge in [-0.1, -0.05) is 27.2 Å². The van der Waals surface area contributed by atoms with Crippen LogP contribution in [0, 0.1) is 11.8 Å². The second-order valence-electron chi connectivity index (χ2n) is 4.89. The van der Waals surface area contributed by atoms with E-state index in [1.807, 2.05) is 11.9 Å². The molecule has 0 spiro atoms. The van der Waals surface area contributed by atoms with Crippen LogP contribution in [-0.2, 0) is 4.79 Å². The van der Waals surface area contributed by atoms with Gasteiger partial charge in [0.1, 0.15) is 0 Å². The monoisotopic (exact) mass is 212 g/mol. The zero-order chi connectivity index (χ0) is 11.4. The number of likely N-dealkylation sites (N-methyl/N-ethyl adjacent to an activating group) is 1. The summed E-state index contributed by atoms with van der Waals surface area (Å²) in [5, 5.41) is 3.32. The number of hydrogen-bond donors (Lipinski definition) is 1. The van der Waals surface area contributed by atoms with Crippen molar-refractivity contribution in [2.45, 2.75) is 39.7 Å². The molecular formula is C12H24N2O. The normalized spacial score (nSPS) is 25.7. The minimum Gasteiger partial charge on any atom is -0.341 e. The third-order valence-electron chi connectivity index (χ3n) is 3.53. The van der Waals surface area contributed by atoms with Crippen molar-refractivity contribution in [1.29, 1.82) is 0 Å². The lowest BCUT2D eigenvalue weighted by atomic mass is 9.99. The van der Waals surface area contributed by atoms with Crippen LogP contribution < -0.4 is 5.32 Å². The highest BCUT2D eigenvalue weighted by molar-refractivity contribution is 5.78. The highest BCUT2D eigenvalue weighted by Gasteiger charge is 2.29. The molecule has 1 N–H and O–H groups in total. The molecule has 15 heavy (non-hydrogen) atoms. The van der Waals surface area contributed by atoms with Gasteiger partial charge in [-0.05, 0) is 18.9 Å². The van der Waals surface area contributed by atoms with Crippen molar-refractivity contribution < 1.29 is 4.79 Å². The summed E-state index contributed by atoms with van der Waals surface area (Å²) in [5.41, 5.74) is 0. The highest BCUT2D eigenvalue weighted by Crippen LogP contribution is 2.18. The number of nitrogens with one attached hydrogen (secondary N) is 1. The Morgan fingerprint density at radius 2 is 2.27 bits per heavy atom. The molecule has 0 aromatic carbocycles. The topological polar surface area (TPSA) is 32.3 Å².